The topological polar surface area (TPSA) is 52.2 Å². The van der Waals surface area contributed by atoms with E-state index in [1.165, 1.54) is 18.2 Å². The lowest BCUT2D eigenvalue weighted by Crippen LogP contribution is -2.38. The van der Waals surface area contributed by atoms with Gasteiger partial charge in [-0.05, 0) is 62.0 Å². The number of aromatic amines is 1. The van der Waals surface area contributed by atoms with Crippen molar-refractivity contribution >= 4 is 28.6 Å². The molecule has 0 amide bonds. The number of guanidine groups is 1. The Kier molecular flexibility index (Phi) is 7.95. The number of unbranched alkanes of at least 4 members (excludes halogenated alkanes) is 1. The summed E-state index contributed by atoms with van der Waals surface area (Å²) in [5.74, 6) is 1.85. The average molecular weight is 351 g/mol. The molecule has 2 rings (SSSR count). The molecule has 1 aromatic heterocycles. The van der Waals surface area contributed by atoms with Crippen LogP contribution in [0.1, 0.15) is 25.3 Å². The zero-order chi connectivity index (χ0) is 17.2. The van der Waals surface area contributed by atoms with Crippen LogP contribution in [0.25, 0.3) is 10.9 Å². The number of hydrogen-bond donors (Lipinski definition) is 3. The quantitative estimate of drug-likeness (QED) is 0.368. The summed E-state index contributed by atoms with van der Waals surface area (Å²) in [6.45, 7) is 4.51. The van der Waals surface area contributed by atoms with Crippen LogP contribution in [0.3, 0.4) is 0 Å². The molecule has 0 unspecified atom stereocenters. The summed E-state index contributed by atoms with van der Waals surface area (Å²) in [5.41, 5.74) is 2.09. The Morgan fingerprint density at radius 1 is 1.29 bits per heavy atom. The maximum absolute atomic E-state index is 13.4. The third-order valence-corrected chi connectivity index (χ3v) is 4.48. The van der Waals surface area contributed by atoms with Gasteiger partial charge in [0.05, 0.1) is 0 Å². The minimum Gasteiger partial charge on any atom is -0.361 e. The van der Waals surface area contributed by atoms with E-state index in [0.717, 1.165) is 54.9 Å². The summed E-state index contributed by atoms with van der Waals surface area (Å²) in [7, 11) is 0. The fourth-order valence-corrected chi connectivity index (χ4v) is 3.06. The standard InChI is InChI=1S/C18H27FN4S/c1-3-20-18(21-9-4-5-11-24-2)22-10-8-14-13-23-17-7-6-15(19)12-16(14)17/h6-7,12-13,23H,3-5,8-11H2,1-2H3,(H2,20,21,22). The second kappa shape index (κ2) is 10.2. The van der Waals surface area contributed by atoms with E-state index in [0.29, 0.717) is 0 Å². The van der Waals surface area contributed by atoms with Crippen molar-refractivity contribution in [1.29, 1.82) is 0 Å². The zero-order valence-corrected chi connectivity index (χ0v) is 15.3. The number of thioether (sulfide) groups is 1. The molecule has 0 aliphatic heterocycles. The van der Waals surface area contributed by atoms with Crippen LogP contribution in [0.5, 0.6) is 0 Å². The van der Waals surface area contributed by atoms with Crippen LogP contribution in [0.2, 0.25) is 0 Å². The van der Waals surface area contributed by atoms with Gasteiger partial charge in [-0.2, -0.15) is 11.8 Å². The van der Waals surface area contributed by atoms with Gasteiger partial charge in [0.2, 0.25) is 0 Å². The Balaban J connectivity index is 1.84. The van der Waals surface area contributed by atoms with E-state index >= 15 is 0 Å². The van der Waals surface area contributed by atoms with Crippen molar-refractivity contribution in [2.45, 2.75) is 26.2 Å². The molecule has 3 N–H and O–H groups in total. The highest BCUT2D eigenvalue weighted by molar-refractivity contribution is 7.98. The number of fused-ring (bicyclic) bond motifs is 1. The van der Waals surface area contributed by atoms with Gasteiger partial charge in [0.1, 0.15) is 5.82 Å². The molecule has 0 saturated carbocycles. The smallest absolute Gasteiger partial charge is 0.191 e. The fourth-order valence-electron chi connectivity index (χ4n) is 2.56. The third-order valence-electron chi connectivity index (χ3n) is 3.79. The summed E-state index contributed by atoms with van der Waals surface area (Å²) in [6.07, 6.45) is 7.22. The number of halogens is 1. The number of benzene rings is 1. The lowest BCUT2D eigenvalue weighted by molar-refractivity contribution is 0.629. The molecular weight excluding hydrogens is 323 g/mol. The maximum atomic E-state index is 13.4. The molecule has 1 aromatic carbocycles. The van der Waals surface area contributed by atoms with Gasteiger partial charge in [-0.1, -0.05) is 0 Å². The maximum Gasteiger partial charge on any atom is 0.191 e. The summed E-state index contributed by atoms with van der Waals surface area (Å²) in [4.78, 5) is 7.79. The number of hydrogen-bond acceptors (Lipinski definition) is 2. The van der Waals surface area contributed by atoms with Gasteiger partial charge in [-0.3, -0.25) is 4.99 Å². The second-order valence-corrected chi connectivity index (χ2v) is 6.63. The van der Waals surface area contributed by atoms with E-state index in [1.807, 2.05) is 18.0 Å². The Morgan fingerprint density at radius 3 is 2.96 bits per heavy atom. The zero-order valence-electron chi connectivity index (χ0n) is 14.5. The minimum atomic E-state index is -0.198. The first kappa shape index (κ1) is 18.6. The molecule has 0 aliphatic carbocycles. The van der Waals surface area contributed by atoms with Crippen molar-refractivity contribution in [3.63, 3.8) is 0 Å². The Bertz CT molecular complexity index is 654. The SMILES string of the molecule is CCNC(=NCCCCSC)NCCc1c[nH]c2ccc(F)cc12. The van der Waals surface area contributed by atoms with E-state index in [9.17, 15) is 4.39 Å². The van der Waals surface area contributed by atoms with E-state index in [1.54, 1.807) is 12.1 Å². The van der Waals surface area contributed by atoms with E-state index in [4.69, 9.17) is 0 Å². The molecule has 0 atom stereocenters. The highest BCUT2D eigenvalue weighted by Crippen LogP contribution is 2.19. The molecule has 4 nitrogen and oxygen atoms in total. The predicted octanol–water partition coefficient (Wildman–Crippen LogP) is 3.55. The van der Waals surface area contributed by atoms with E-state index in [2.05, 4.69) is 33.8 Å². The fraction of sp³-hybridized carbons (Fsp3) is 0.500. The van der Waals surface area contributed by atoms with Crippen molar-refractivity contribution in [2.24, 2.45) is 4.99 Å². The number of aromatic nitrogens is 1. The molecule has 0 aliphatic rings. The highest BCUT2D eigenvalue weighted by Gasteiger charge is 2.05. The summed E-state index contributed by atoms with van der Waals surface area (Å²) >= 11 is 1.88. The number of aliphatic imine (C=N–C) groups is 1. The normalized spacial score (nSPS) is 11.9. The predicted molar refractivity (Wildman–Crippen MR) is 104 cm³/mol. The number of nitrogens with zero attached hydrogens (tertiary/aromatic N) is 1. The first-order valence-corrected chi connectivity index (χ1v) is 9.90. The Labute approximate surface area is 147 Å². The largest absolute Gasteiger partial charge is 0.361 e. The molecule has 1 heterocycles. The highest BCUT2D eigenvalue weighted by atomic mass is 32.2. The van der Waals surface area contributed by atoms with Gasteiger partial charge >= 0.3 is 0 Å². The van der Waals surface area contributed by atoms with Crippen LogP contribution in [0.15, 0.2) is 29.4 Å². The molecule has 6 heteroatoms. The van der Waals surface area contributed by atoms with Crippen LogP contribution >= 0.6 is 11.8 Å². The minimum absolute atomic E-state index is 0.198. The number of nitrogens with one attached hydrogen (secondary N) is 3. The van der Waals surface area contributed by atoms with Gasteiger partial charge in [0.15, 0.2) is 5.96 Å². The van der Waals surface area contributed by atoms with Crippen molar-refractivity contribution in [3.8, 4) is 0 Å². The molecular formula is C18H27FN4S. The molecule has 2 aromatic rings. The summed E-state index contributed by atoms with van der Waals surface area (Å²) < 4.78 is 13.4. The molecule has 0 saturated heterocycles. The first-order chi connectivity index (χ1) is 11.7. The van der Waals surface area contributed by atoms with Crippen LogP contribution in [0.4, 0.5) is 4.39 Å². The van der Waals surface area contributed by atoms with Gasteiger partial charge in [-0.15, -0.1) is 0 Å². The van der Waals surface area contributed by atoms with Crippen molar-refractivity contribution in [3.05, 3.63) is 35.8 Å². The molecule has 0 bridgehead atoms. The Morgan fingerprint density at radius 2 is 2.17 bits per heavy atom. The lowest BCUT2D eigenvalue weighted by Gasteiger charge is -2.11. The average Bonchev–Trinajstić information content (AvgIpc) is 2.97. The third kappa shape index (κ3) is 5.74. The summed E-state index contributed by atoms with van der Waals surface area (Å²) in [6, 6.07) is 4.85. The molecule has 132 valence electrons. The van der Waals surface area contributed by atoms with Crippen LogP contribution in [-0.2, 0) is 6.42 Å². The van der Waals surface area contributed by atoms with Crippen LogP contribution in [0, 0.1) is 5.82 Å². The van der Waals surface area contributed by atoms with E-state index in [-0.39, 0.29) is 5.82 Å². The second-order valence-electron chi connectivity index (χ2n) is 5.64. The van der Waals surface area contributed by atoms with Crippen LogP contribution < -0.4 is 10.6 Å². The van der Waals surface area contributed by atoms with Crippen molar-refractivity contribution < 1.29 is 4.39 Å². The van der Waals surface area contributed by atoms with Gasteiger partial charge in [0, 0.05) is 36.7 Å². The van der Waals surface area contributed by atoms with E-state index < -0.39 is 0 Å². The molecule has 0 radical (unpaired) electrons. The number of rotatable bonds is 9. The van der Waals surface area contributed by atoms with Crippen molar-refractivity contribution in [2.75, 3.05) is 31.6 Å². The van der Waals surface area contributed by atoms with Gasteiger partial charge < -0.3 is 15.6 Å². The Hall–Kier alpha value is -1.69. The first-order valence-electron chi connectivity index (χ1n) is 8.51. The van der Waals surface area contributed by atoms with Gasteiger partial charge in [0.25, 0.3) is 0 Å². The summed E-state index contributed by atoms with van der Waals surface area (Å²) in [5, 5.41) is 7.58. The molecule has 0 fully saturated rings. The van der Waals surface area contributed by atoms with Crippen LogP contribution in [-0.4, -0.2) is 42.6 Å². The lowest BCUT2D eigenvalue weighted by atomic mass is 10.1. The van der Waals surface area contributed by atoms with Gasteiger partial charge in [-0.25, -0.2) is 4.39 Å². The number of H-pyrrole nitrogens is 1. The molecule has 0 spiro atoms. The van der Waals surface area contributed by atoms with Crippen molar-refractivity contribution in [1.82, 2.24) is 15.6 Å². The molecule has 24 heavy (non-hydrogen) atoms. The monoisotopic (exact) mass is 350 g/mol.